The summed E-state index contributed by atoms with van der Waals surface area (Å²) in [6.07, 6.45) is 1.35. The molecule has 0 aliphatic carbocycles. The number of nitrogens with zero attached hydrogens (tertiary/aromatic N) is 2. The third kappa shape index (κ3) is 3.00. The minimum Gasteiger partial charge on any atom is -0.545 e. The average molecular weight is 322 g/mol. The molecule has 1 N–H and O–H groups in total. The van der Waals surface area contributed by atoms with Crippen molar-refractivity contribution in [3.05, 3.63) is 60.2 Å². The lowest BCUT2D eigenvalue weighted by Gasteiger charge is -2.18. The monoisotopic (exact) mass is 322 g/mol. The summed E-state index contributed by atoms with van der Waals surface area (Å²) in [6, 6.07) is 13.1. The second-order valence-corrected chi connectivity index (χ2v) is 5.06. The summed E-state index contributed by atoms with van der Waals surface area (Å²) in [7, 11) is 0. The van der Waals surface area contributed by atoms with Crippen LogP contribution in [0.2, 0.25) is 0 Å². The second-order valence-electron chi connectivity index (χ2n) is 5.06. The topological polar surface area (TPSA) is 102 Å². The van der Waals surface area contributed by atoms with Crippen LogP contribution in [0.15, 0.2) is 59.6 Å². The van der Waals surface area contributed by atoms with Crippen molar-refractivity contribution in [2.24, 2.45) is 4.99 Å². The van der Waals surface area contributed by atoms with Crippen LogP contribution < -0.4 is 15.3 Å². The number of amides is 3. The Morgan fingerprint density at radius 3 is 2.38 bits per heavy atom. The quantitative estimate of drug-likeness (QED) is 0.666. The van der Waals surface area contributed by atoms with Gasteiger partial charge in [0.2, 0.25) is 0 Å². The zero-order valence-electron chi connectivity index (χ0n) is 12.4. The number of rotatable bonds is 4. The van der Waals surface area contributed by atoms with Gasteiger partial charge in [0.1, 0.15) is 0 Å². The zero-order chi connectivity index (χ0) is 17.1. The molecular formula is C17H12N3O4-. The van der Waals surface area contributed by atoms with E-state index in [0.29, 0.717) is 11.4 Å². The van der Waals surface area contributed by atoms with Crippen LogP contribution in [0.1, 0.15) is 10.4 Å². The van der Waals surface area contributed by atoms with Crippen molar-refractivity contribution in [2.75, 3.05) is 4.90 Å². The Labute approximate surface area is 137 Å². The molecule has 0 spiro atoms. The predicted octanol–water partition coefficient (Wildman–Crippen LogP) is 0.877. The highest BCUT2D eigenvalue weighted by molar-refractivity contribution is 6.21. The van der Waals surface area contributed by atoms with Crippen molar-refractivity contribution in [1.82, 2.24) is 5.32 Å². The van der Waals surface area contributed by atoms with Crippen molar-refractivity contribution < 1.29 is 19.5 Å². The number of carboxylic acids is 1. The molecule has 1 atom stereocenters. The summed E-state index contributed by atoms with van der Waals surface area (Å²) in [5.41, 5.74) is 1.07. The van der Waals surface area contributed by atoms with Crippen LogP contribution in [0.5, 0.6) is 0 Å². The van der Waals surface area contributed by atoms with Gasteiger partial charge in [0.25, 0.3) is 5.91 Å². The van der Waals surface area contributed by atoms with Gasteiger partial charge in [-0.05, 0) is 29.8 Å². The molecule has 1 aliphatic rings. The number of anilines is 1. The molecule has 0 saturated carbocycles. The molecule has 120 valence electrons. The van der Waals surface area contributed by atoms with E-state index in [0.717, 1.165) is 0 Å². The first-order chi connectivity index (χ1) is 11.6. The first-order valence-electron chi connectivity index (χ1n) is 7.11. The van der Waals surface area contributed by atoms with Crippen LogP contribution in [0, 0.1) is 0 Å². The lowest BCUT2D eigenvalue weighted by molar-refractivity contribution is -0.255. The normalized spacial score (nSPS) is 17.3. The Balaban J connectivity index is 1.85. The summed E-state index contributed by atoms with van der Waals surface area (Å²) in [4.78, 5) is 40.1. The Bertz CT molecular complexity index is 815. The van der Waals surface area contributed by atoms with Crippen LogP contribution in [-0.4, -0.2) is 30.2 Å². The minimum atomic E-state index is -1.28. The maximum absolute atomic E-state index is 12.0. The standard InChI is InChI=1S/C17H13N3O4/c21-15-14(10-18-12-8-6-11(7-9-12)16(22)23)20(17(24)19-15)13-4-2-1-3-5-13/h1-10,14H,(H,22,23)(H,19,21,24)/p-1/t14-/m1/s1. The van der Waals surface area contributed by atoms with E-state index >= 15 is 0 Å². The van der Waals surface area contributed by atoms with Gasteiger partial charge in [0.05, 0.1) is 11.7 Å². The average Bonchev–Trinajstić information content (AvgIpc) is 2.87. The van der Waals surface area contributed by atoms with E-state index in [1.165, 1.54) is 35.4 Å². The van der Waals surface area contributed by atoms with Crippen molar-refractivity contribution >= 4 is 35.5 Å². The van der Waals surface area contributed by atoms with Crippen molar-refractivity contribution in [2.45, 2.75) is 6.04 Å². The number of aliphatic imine (C=N–C) groups is 1. The number of imide groups is 1. The summed E-state index contributed by atoms with van der Waals surface area (Å²) in [6.45, 7) is 0. The fourth-order valence-electron chi connectivity index (χ4n) is 2.32. The van der Waals surface area contributed by atoms with Gasteiger partial charge in [-0.15, -0.1) is 0 Å². The van der Waals surface area contributed by atoms with E-state index in [1.54, 1.807) is 30.3 Å². The fraction of sp³-hybridized carbons (Fsp3) is 0.0588. The molecule has 3 rings (SSSR count). The number of para-hydroxylation sites is 1. The summed E-state index contributed by atoms with van der Waals surface area (Å²) in [5, 5.41) is 13.0. The molecule has 1 heterocycles. The Morgan fingerprint density at radius 2 is 1.75 bits per heavy atom. The largest absolute Gasteiger partial charge is 0.545 e. The number of benzene rings is 2. The Kier molecular flexibility index (Phi) is 4.07. The molecule has 0 bridgehead atoms. The summed E-state index contributed by atoms with van der Waals surface area (Å²) < 4.78 is 0. The molecule has 0 aromatic heterocycles. The third-order valence-electron chi connectivity index (χ3n) is 3.50. The lowest BCUT2D eigenvalue weighted by atomic mass is 10.2. The molecule has 1 fully saturated rings. The maximum atomic E-state index is 12.0. The van der Waals surface area contributed by atoms with E-state index < -0.39 is 23.9 Å². The zero-order valence-corrected chi connectivity index (χ0v) is 12.4. The highest BCUT2D eigenvalue weighted by atomic mass is 16.4. The van der Waals surface area contributed by atoms with Crippen LogP contribution in [0.3, 0.4) is 0 Å². The molecule has 7 heteroatoms. The van der Waals surface area contributed by atoms with E-state index in [2.05, 4.69) is 10.3 Å². The Morgan fingerprint density at radius 1 is 1.08 bits per heavy atom. The number of aromatic carboxylic acids is 1. The number of hydrogen-bond acceptors (Lipinski definition) is 5. The second kappa shape index (κ2) is 6.33. The van der Waals surface area contributed by atoms with Gasteiger partial charge in [-0.1, -0.05) is 30.3 Å². The van der Waals surface area contributed by atoms with E-state index in [9.17, 15) is 19.5 Å². The Hall–Kier alpha value is -3.48. The predicted molar refractivity (Wildman–Crippen MR) is 85.2 cm³/mol. The number of carbonyl (C=O) groups excluding carboxylic acids is 3. The lowest BCUT2D eigenvalue weighted by Crippen LogP contribution is -2.36. The van der Waals surface area contributed by atoms with Gasteiger partial charge in [-0.3, -0.25) is 20.0 Å². The molecule has 7 nitrogen and oxygen atoms in total. The van der Waals surface area contributed by atoms with Gasteiger partial charge >= 0.3 is 6.03 Å². The smallest absolute Gasteiger partial charge is 0.329 e. The highest BCUT2D eigenvalue weighted by Gasteiger charge is 2.38. The van der Waals surface area contributed by atoms with Crippen molar-refractivity contribution in [3.63, 3.8) is 0 Å². The summed E-state index contributed by atoms with van der Waals surface area (Å²) in [5.74, 6) is -1.75. The van der Waals surface area contributed by atoms with Gasteiger partial charge < -0.3 is 9.90 Å². The van der Waals surface area contributed by atoms with E-state index in [4.69, 9.17) is 0 Å². The van der Waals surface area contributed by atoms with Crippen LogP contribution in [0.25, 0.3) is 0 Å². The number of nitrogens with one attached hydrogen (secondary N) is 1. The molecule has 0 unspecified atom stereocenters. The molecule has 1 aliphatic heterocycles. The molecule has 2 aromatic rings. The van der Waals surface area contributed by atoms with Crippen LogP contribution in [0.4, 0.5) is 16.2 Å². The highest BCUT2D eigenvalue weighted by Crippen LogP contribution is 2.21. The van der Waals surface area contributed by atoms with E-state index in [-0.39, 0.29) is 5.56 Å². The van der Waals surface area contributed by atoms with Gasteiger partial charge in [0.15, 0.2) is 6.04 Å². The van der Waals surface area contributed by atoms with E-state index in [1.807, 2.05) is 0 Å². The first kappa shape index (κ1) is 15.4. The molecule has 3 amide bonds. The minimum absolute atomic E-state index is 0.0358. The molecular weight excluding hydrogens is 310 g/mol. The molecule has 24 heavy (non-hydrogen) atoms. The third-order valence-corrected chi connectivity index (χ3v) is 3.50. The van der Waals surface area contributed by atoms with Gasteiger partial charge in [0, 0.05) is 11.9 Å². The van der Waals surface area contributed by atoms with Gasteiger partial charge in [-0.2, -0.15) is 0 Å². The van der Waals surface area contributed by atoms with Crippen molar-refractivity contribution in [1.29, 1.82) is 0 Å². The fourth-order valence-corrected chi connectivity index (χ4v) is 2.32. The number of urea groups is 1. The molecule has 2 aromatic carbocycles. The van der Waals surface area contributed by atoms with Crippen molar-refractivity contribution in [3.8, 4) is 0 Å². The maximum Gasteiger partial charge on any atom is 0.329 e. The number of carboxylic acid groups (broad SMARTS) is 1. The molecule has 0 radical (unpaired) electrons. The molecule has 1 saturated heterocycles. The number of hydrogen-bond donors (Lipinski definition) is 1. The van der Waals surface area contributed by atoms with Crippen LogP contribution in [-0.2, 0) is 4.79 Å². The van der Waals surface area contributed by atoms with Crippen LogP contribution >= 0.6 is 0 Å². The van der Waals surface area contributed by atoms with Gasteiger partial charge in [-0.25, -0.2) is 4.79 Å². The SMILES string of the molecule is O=C([O-])c1ccc(N=C[C@@H]2C(=O)NC(=O)N2c2ccccc2)cc1. The number of carbonyl (C=O) groups is 3. The summed E-state index contributed by atoms with van der Waals surface area (Å²) >= 11 is 0. The first-order valence-corrected chi connectivity index (χ1v) is 7.11.